The second-order valence-electron chi connectivity index (χ2n) is 4.28. The van der Waals surface area contributed by atoms with E-state index in [1.807, 2.05) is 6.92 Å². The summed E-state index contributed by atoms with van der Waals surface area (Å²) >= 11 is 0. The molecule has 0 saturated heterocycles. The summed E-state index contributed by atoms with van der Waals surface area (Å²) in [5, 5.41) is 16.3. The van der Waals surface area contributed by atoms with Crippen LogP contribution >= 0.6 is 0 Å². The molecule has 0 aliphatic rings. The normalized spacial score (nSPS) is 11.1. The fourth-order valence-corrected chi connectivity index (χ4v) is 1.93. The van der Waals surface area contributed by atoms with Crippen molar-refractivity contribution in [2.45, 2.75) is 20.4 Å². The molecule has 3 rings (SSSR count). The number of nitrogens with zero attached hydrogens (tertiary/aromatic N) is 4. The van der Waals surface area contributed by atoms with E-state index in [0.717, 1.165) is 11.3 Å². The molecule has 0 bridgehead atoms. The predicted octanol–water partition coefficient (Wildman–Crippen LogP) is 0.370. The van der Waals surface area contributed by atoms with Crippen molar-refractivity contribution in [1.29, 1.82) is 0 Å². The van der Waals surface area contributed by atoms with Gasteiger partial charge >= 0.3 is 5.69 Å². The summed E-state index contributed by atoms with van der Waals surface area (Å²) in [5.41, 5.74) is 2.35. The van der Waals surface area contributed by atoms with Crippen LogP contribution in [0.3, 0.4) is 0 Å². The first-order chi connectivity index (χ1) is 9.15. The fourth-order valence-electron chi connectivity index (χ4n) is 1.93. The molecular weight excluding hydrogens is 246 g/mol. The van der Waals surface area contributed by atoms with Crippen molar-refractivity contribution in [3.8, 4) is 0 Å². The van der Waals surface area contributed by atoms with Gasteiger partial charge in [0, 0.05) is 23.9 Å². The lowest BCUT2D eigenvalue weighted by molar-refractivity contribution is 0.930. The van der Waals surface area contributed by atoms with Crippen LogP contribution in [0, 0.1) is 13.8 Å². The summed E-state index contributed by atoms with van der Waals surface area (Å²) in [6.45, 7) is 4.33. The van der Waals surface area contributed by atoms with E-state index in [2.05, 4.69) is 30.7 Å². The molecule has 3 N–H and O–H groups in total. The molecule has 0 aliphatic heterocycles. The molecule has 0 aliphatic carbocycles. The maximum absolute atomic E-state index is 11.5. The van der Waals surface area contributed by atoms with Gasteiger partial charge in [-0.3, -0.25) is 5.10 Å². The Morgan fingerprint density at radius 1 is 1.37 bits per heavy atom. The fraction of sp³-hybridized carbons (Fsp3) is 0.273. The lowest BCUT2D eigenvalue weighted by atomic mass is 10.2. The average molecular weight is 259 g/mol. The first kappa shape index (κ1) is 11.5. The van der Waals surface area contributed by atoms with E-state index in [1.165, 1.54) is 4.40 Å². The Bertz CT molecular complexity index is 782. The molecule has 0 amide bonds. The molecule has 3 aromatic rings. The van der Waals surface area contributed by atoms with Crippen LogP contribution in [0.2, 0.25) is 0 Å². The molecule has 8 nitrogen and oxygen atoms in total. The number of nitrogens with one attached hydrogen (secondary N) is 3. The smallest absolute Gasteiger partial charge is 0.349 e. The van der Waals surface area contributed by atoms with E-state index in [4.69, 9.17) is 0 Å². The van der Waals surface area contributed by atoms with Gasteiger partial charge in [-0.05, 0) is 13.8 Å². The van der Waals surface area contributed by atoms with Crippen molar-refractivity contribution in [3.05, 3.63) is 39.8 Å². The van der Waals surface area contributed by atoms with Gasteiger partial charge in [-0.1, -0.05) is 0 Å². The number of aromatic nitrogens is 6. The molecule has 0 unspecified atom stereocenters. The Kier molecular flexibility index (Phi) is 2.55. The van der Waals surface area contributed by atoms with Crippen LogP contribution in [0.25, 0.3) is 5.65 Å². The van der Waals surface area contributed by atoms with E-state index in [9.17, 15) is 4.79 Å². The molecule has 3 heterocycles. The molecule has 98 valence electrons. The lowest BCUT2D eigenvalue weighted by Gasteiger charge is -2.06. The molecule has 0 fully saturated rings. The Labute approximate surface area is 107 Å². The van der Waals surface area contributed by atoms with E-state index < -0.39 is 0 Å². The Morgan fingerprint density at radius 3 is 2.95 bits per heavy atom. The van der Waals surface area contributed by atoms with Crippen LogP contribution in [0.5, 0.6) is 0 Å². The number of aromatic amines is 2. The number of fused-ring (bicyclic) bond motifs is 1. The van der Waals surface area contributed by atoms with Crippen LogP contribution in [0.4, 0.5) is 5.82 Å². The van der Waals surface area contributed by atoms with E-state index in [1.54, 1.807) is 19.2 Å². The number of anilines is 1. The largest absolute Gasteiger partial charge is 0.366 e. The first-order valence-electron chi connectivity index (χ1n) is 5.82. The number of H-pyrrole nitrogens is 2. The average Bonchev–Trinajstić information content (AvgIpc) is 2.94. The van der Waals surface area contributed by atoms with Crippen LogP contribution < -0.4 is 11.0 Å². The molecule has 0 spiro atoms. The van der Waals surface area contributed by atoms with Crippen molar-refractivity contribution in [2.24, 2.45) is 0 Å². The molecule has 3 aromatic heterocycles. The summed E-state index contributed by atoms with van der Waals surface area (Å²) < 4.78 is 1.42. The van der Waals surface area contributed by atoms with Crippen LogP contribution in [0.15, 0.2) is 17.1 Å². The highest BCUT2D eigenvalue weighted by atomic mass is 16.1. The summed E-state index contributed by atoms with van der Waals surface area (Å²) in [7, 11) is 0. The highest BCUT2D eigenvalue weighted by molar-refractivity contribution is 5.49. The number of hydrogen-bond donors (Lipinski definition) is 3. The second kappa shape index (κ2) is 4.23. The third-order valence-electron chi connectivity index (χ3n) is 2.96. The van der Waals surface area contributed by atoms with E-state index >= 15 is 0 Å². The summed E-state index contributed by atoms with van der Waals surface area (Å²) in [5.74, 6) is 1.26. The minimum atomic E-state index is -0.280. The quantitative estimate of drug-likeness (QED) is 0.630. The Morgan fingerprint density at radius 2 is 2.21 bits per heavy atom. The molecular formula is C11H13N7O. The molecule has 8 heteroatoms. The SMILES string of the molecule is Cc1[nH]ncc1CNc1cc2n[nH]c(=O)n2c(C)n1. The monoisotopic (exact) mass is 259 g/mol. The van der Waals surface area contributed by atoms with Gasteiger partial charge in [0.05, 0.1) is 6.20 Å². The maximum Gasteiger partial charge on any atom is 0.349 e. The van der Waals surface area contributed by atoms with Gasteiger partial charge in [0.15, 0.2) is 5.65 Å². The summed E-state index contributed by atoms with van der Waals surface area (Å²) in [6.07, 6.45) is 1.77. The molecule has 19 heavy (non-hydrogen) atoms. The highest BCUT2D eigenvalue weighted by Crippen LogP contribution is 2.10. The first-order valence-corrected chi connectivity index (χ1v) is 5.82. The van der Waals surface area contributed by atoms with Crippen LogP contribution in [-0.2, 0) is 6.54 Å². The zero-order valence-corrected chi connectivity index (χ0v) is 10.6. The minimum absolute atomic E-state index is 0.280. The van der Waals surface area contributed by atoms with E-state index in [0.29, 0.717) is 23.8 Å². The van der Waals surface area contributed by atoms with Gasteiger partial charge in [0.1, 0.15) is 11.6 Å². The minimum Gasteiger partial charge on any atom is -0.366 e. The Balaban J connectivity index is 1.90. The van der Waals surface area contributed by atoms with Crippen molar-refractivity contribution in [3.63, 3.8) is 0 Å². The number of rotatable bonds is 3. The van der Waals surface area contributed by atoms with Gasteiger partial charge in [0.2, 0.25) is 0 Å². The van der Waals surface area contributed by atoms with Crippen molar-refractivity contribution >= 4 is 11.5 Å². The van der Waals surface area contributed by atoms with Gasteiger partial charge in [0.25, 0.3) is 0 Å². The zero-order valence-electron chi connectivity index (χ0n) is 10.6. The lowest BCUT2D eigenvalue weighted by Crippen LogP contribution is -2.14. The van der Waals surface area contributed by atoms with Gasteiger partial charge < -0.3 is 5.32 Å². The van der Waals surface area contributed by atoms with Crippen LogP contribution in [-0.4, -0.2) is 29.8 Å². The van der Waals surface area contributed by atoms with E-state index in [-0.39, 0.29) is 5.69 Å². The molecule has 0 atom stereocenters. The standard InChI is InChI=1S/C11H13N7O/c1-6-8(5-13-15-6)4-12-9-3-10-16-17-11(19)18(10)7(2)14-9/h3,5,12H,4H2,1-2H3,(H,13,15)(H,17,19). The third-order valence-corrected chi connectivity index (χ3v) is 2.96. The van der Waals surface area contributed by atoms with Crippen molar-refractivity contribution in [2.75, 3.05) is 5.32 Å². The Hall–Kier alpha value is -2.64. The second-order valence-corrected chi connectivity index (χ2v) is 4.28. The summed E-state index contributed by atoms with van der Waals surface area (Å²) in [4.78, 5) is 15.8. The van der Waals surface area contributed by atoms with Gasteiger partial charge in [-0.25, -0.2) is 19.3 Å². The maximum atomic E-state index is 11.5. The predicted molar refractivity (Wildman–Crippen MR) is 69.0 cm³/mol. The van der Waals surface area contributed by atoms with Crippen molar-refractivity contribution < 1.29 is 0 Å². The topological polar surface area (TPSA) is 104 Å². The number of hydrogen-bond acceptors (Lipinski definition) is 5. The van der Waals surface area contributed by atoms with Crippen LogP contribution in [0.1, 0.15) is 17.1 Å². The van der Waals surface area contributed by atoms with Crippen molar-refractivity contribution in [1.82, 2.24) is 29.8 Å². The van der Waals surface area contributed by atoms with Gasteiger partial charge in [-0.2, -0.15) is 10.2 Å². The zero-order chi connectivity index (χ0) is 13.4. The molecule has 0 radical (unpaired) electrons. The summed E-state index contributed by atoms with van der Waals surface area (Å²) in [6, 6.07) is 1.72. The third kappa shape index (κ3) is 1.96. The number of aryl methyl sites for hydroxylation is 2. The molecule has 0 saturated carbocycles. The highest BCUT2D eigenvalue weighted by Gasteiger charge is 2.07. The molecule has 0 aromatic carbocycles. The van der Waals surface area contributed by atoms with Gasteiger partial charge in [-0.15, -0.1) is 0 Å².